The summed E-state index contributed by atoms with van der Waals surface area (Å²) in [7, 11) is 0. The lowest BCUT2D eigenvalue weighted by Gasteiger charge is -2.35. The number of aromatic nitrogens is 5. The maximum absolute atomic E-state index is 12.7. The van der Waals surface area contributed by atoms with Gasteiger partial charge >= 0.3 is 0 Å². The number of fused-ring (bicyclic) bond motifs is 1. The van der Waals surface area contributed by atoms with E-state index in [4.69, 9.17) is 5.26 Å². The fourth-order valence-corrected chi connectivity index (χ4v) is 3.24. The molecule has 0 aliphatic carbocycles. The maximum Gasteiger partial charge on any atom is 0.225 e. The van der Waals surface area contributed by atoms with Gasteiger partial charge in [0.25, 0.3) is 0 Å². The molecule has 2 aromatic rings. The number of anilines is 1. The molecule has 1 saturated heterocycles. The van der Waals surface area contributed by atoms with E-state index in [0.717, 1.165) is 31.7 Å². The van der Waals surface area contributed by atoms with Gasteiger partial charge in [-0.2, -0.15) is 9.78 Å². The fraction of sp³-hybridized carbons (Fsp3) is 0.625. The Morgan fingerprint density at radius 2 is 2.20 bits per heavy atom. The number of amides is 1. The van der Waals surface area contributed by atoms with E-state index in [1.807, 2.05) is 13.8 Å². The summed E-state index contributed by atoms with van der Waals surface area (Å²) in [4.78, 5) is 20.9. The largest absolute Gasteiger partial charge is 0.355 e. The van der Waals surface area contributed by atoms with Crippen molar-refractivity contribution in [3.8, 4) is 6.07 Å². The zero-order valence-electron chi connectivity index (χ0n) is 14.5. The topological polar surface area (TPSA) is 103 Å². The Balaban J connectivity index is 1.64. The van der Waals surface area contributed by atoms with Crippen molar-refractivity contribution in [2.24, 2.45) is 11.8 Å². The first kappa shape index (κ1) is 17.1. The minimum Gasteiger partial charge on any atom is -0.355 e. The summed E-state index contributed by atoms with van der Waals surface area (Å²) in [6, 6.07) is 2.20. The molecule has 9 heteroatoms. The lowest BCUT2D eigenvalue weighted by molar-refractivity contribution is -0.136. The second-order valence-corrected chi connectivity index (χ2v) is 6.38. The minimum absolute atomic E-state index is 0.00289. The molecular formula is C16H22N8O. The van der Waals surface area contributed by atoms with E-state index in [9.17, 15) is 4.79 Å². The van der Waals surface area contributed by atoms with Crippen LogP contribution in [0.4, 0.5) is 5.82 Å². The van der Waals surface area contributed by atoms with Gasteiger partial charge in [0.15, 0.2) is 11.5 Å². The molecule has 3 rings (SSSR count). The minimum atomic E-state index is -0.146. The van der Waals surface area contributed by atoms with Crippen LogP contribution in [0.2, 0.25) is 0 Å². The number of hydrogen-bond acceptors (Lipinski definition) is 7. The third-order valence-corrected chi connectivity index (χ3v) is 4.67. The Morgan fingerprint density at radius 3 is 2.88 bits per heavy atom. The first-order valence-electron chi connectivity index (χ1n) is 8.59. The molecule has 2 aromatic heterocycles. The zero-order valence-corrected chi connectivity index (χ0v) is 14.5. The average molecular weight is 342 g/mol. The molecule has 1 aliphatic rings. The number of carbonyl (C=O) groups excluding carboxylic acids is 1. The monoisotopic (exact) mass is 342 g/mol. The van der Waals surface area contributed by atoms with Crippen molar-refractivity contribution in [2.75, 3.05) is 31.1 Å². The summed E-state index contributed by atoms with van der Waals surface area (Å²) in [6.07, 6.45) is 4.91. The molecule has 0 unspecified atom stereocenters. The molecule has 0 N–H and O–H groups in total. The van der Waals surface area contributed by atoms with Crippen LogP contribution in [0.25, 0.3) is 5.65 Å². The van der Waals surface area contributed by atoms with Gasteiger partial charge in [0.05, 0.1) is 24.4 Å². The van der Waals surface area contributed by atoms with Gasteiger partial charge < -0.3 is 9.80 Å². The number of nitriles is 1. The Kier molecular flexibility index (Phi) is 5.07. The Morgan fingerprint density at radius 1 is 1.44 bits per heavy atom. The van der Waals surface area contributed by atoms with Crippen molar-refractivity contribution in [1.29, 1.82) is 5.26 Å². The summed E-state index contributed by atoms with van der Waals surface area (Å²) in [5, 5.41) is 20.6. The lowest BCUT2D eigenvalue weighted by Crippen LogP contribution is -2.44. The van der Waals surface area contributed by atoms with Crippen LogP contribution in [0.5, 0.6) is 0 Å². The predicted octanol–water partition coefficient (Wildman–Crippen LogP) is 0.744. The fourth-order valence-electron chi connectivity index (χ4n) is 3.24. The maximum atomic E-state index is 12.7. The van der Waals surface area contributed by atoms with Gasteiger partial charge in [0.1, 0.15) is 0 Å². The molecule has 1 aliphatic heterocycles. The van der Waals surface area contributed by atoms with Crippen molar-refractivity contribution in [3.63, 3.8) is 0 Å². The van der Waals surface area contributed by atoms with E-state index in [0.29, 0.717) is 18.7 Å². The van der Waals surface area contributed by atoms with Crippen molar-refractivity contribution < 1.29 is 4.79 Å². The SMILES string of the molecule is CCN(C[C@H](C)C#N)C(=O)C1CCN(c2cncc3nnnn23)CC1. The van der Waals surface area contributed by atoms with E-state index in [-0.39, 0.29) is 17.7 Å². The Bertz CT molecular complexity index is 774. The van der Waals surface area contributed by atoms with Crippen LogP contribution < -0.4 is 4.90 Å². The highest BCUT2D eigenvalue weighted by Crippen LogP contribution is 2.24. The molecule has 0 saturated carbocycles. The Hall–Kier alpha value is -2.76. The second kappa shape index (κ2) is 7.42. The van der Waals surface area contributed by atoms with Crippen LogP contribution in [-0.4, -0.2) is 62.0 Å². The summed E-state index contributed by atoms with van der Waals surface area (Å²) in [6.45, 7) is 6.45. The van der Waals surface area contributed by atoms with Crippen molar-refractivity contribution >= 4 is 17.4 Å². The molecular weight excluding hydrogens is 320 g/mol. The molecule has 132 valence electrons. The third kappa shape index (κ3) is 3.52. The van der Waals surface area contributed by atoms with Gasteiger partial charge in [0, 0.05) is 32.1 Å². The highest BCUT2D eigenvalue weighted by Gasteiger charge is 2.29. The third-order valence-electron chi connectivity index (χ3n) is 4.67. The van der Waals surface area contributed by atoms with E-state index in [2.05, 4.69) is 31.5 Å². The van der Waals surface area contributed by atoms with Crippen LogP contribution >= 0.6 is 0 Å². The van der Waals surface area contributed by atoms with E-state index in [1.54, 1.807) is 21.8 Å². The Labute approximate surface area is 146 Å². The first-order chi connectivity index (χ1) is 12.1. The van der Waals surface area contributed by atoms with E-state index < -0.39 is 0 Å². The molecule has 1 amide bonds. The molecule has 3 heterocycles. The summed E-state index contributed by atoms with van der Waals surface area (Å²) in [5.41, 5.74) is 0.610. The molecule has 0 spiro atoms. The zero-order chi connectivity index (χ0) is 17.8. The van der Waals surface area contributed by atoms with Gasteiger partial charge in [-0.25, -0.2) is 0 Å². The van der Waals surface area contributed by atoms with Gasteiger partial charge in [-0.15, -0.1) is 5.10 Å². The first-order valence-corrected chi connectivity index (χ1v) is 8.59. The van der Waals surface area contributed by atoms with Gasteiger partial charge in [-0.05, 0) is 37.1 Å². The smallest absolute Gasteiger partial charge is 0.225 e. The number of nitrogens with zero attached hydrogens (tertiary/aromatic N) is 8. The van der Waals surface area contributed by atoms with Crippen molar-refractivity contribution in [1.82, 2.24) is 29.9 Å². The van der Waals surface area contributed by atoms with Gasteiger partial charge in [0.2, 0.25) is 5.91 Å². The van der Waals surface area contributed by atoms with E-state index >= 15 is 0 Å². The normalized spacial score (nSPS) is 16.6. The van der Waals surface area contributed by atoms with Crippen LogP contribution in [-0.2, 0) is 4.79 Å². The highest BCUT2D eigenvalue weighted by atomic mass is 16.2. The number of piperidine rings is 1. The van der Waals surface area contributed by atoms with E-state index in [1.165, 1.54) is 0 Å². The molecule has 25 heavy (non-hydrogen) atoms. The lowest BCUT2D eigenvalue weighted by atomic mass is 9.95. The number of tetrazole rings is 1. The standard InChI is InChI=1S/C16H22N8O/c1-3-22(11-12(2)8-17)16(25)13-4-6-23(7-5-13)15-10-18-9-14-19-20-21-24(14)15/h9-10,12-13H,3-7,11H2,1-2H3/t12-/m1/s1. The molecule has 1 atom stereocenters. The average Bonchev–Trinajstić information content (AvgIpc) is 3.14. The van der Waals surface area contributed by atoms with Crippen LogP contribution in [0.1, 0.15) is 26.7 Å². The molecule has 0 bridgehead atoms. The summed E-state index contributed by atoms with van der Waals surface area (Å²) >= 11 is 0. The molecule has 0 radical (unpaired) electrons. The van der Waals surface area contributed by atoms with Crippen molar-refractivity contribution in [2.45, 2.75) is 26.7 Å². The van der Waals surface area contributed by atoms with Crippen LogP contribution in [0.15, 0.2) is 12.4 Å². The molecule has 0 aromatic carbocycles. The predicted molar refractivity (Wildman–Crippen MR) is 90.5 cm³/mol. The quantitative estimate of drug-likeness (QED) is 0.789. The van der Waals surface area contributed by atoms with Crippen LogP contribution in [0, 0.1) is 23.2 Å². The molecule has 1 fully saturated rings. The van der Waals surface area contributed by atoms with Gasteiger partial charge in [-0.3, -0.25) is 9.78 Å². The van der Waals surface area contributed by atoms with Gasteiger partial charge in [-0.1, -0.05) is 0 Å². The van der Waals surface area contributed by atoms with Crippen molar-refractivity contribution in [3.05, 3.63) is 12.4 Å². The summed E-state index contributed by atoms with van der Waals surface area (Å²) in [5.74, 6) is 0.859. The number of carbonyl (C=O) groups is 1. The molecule has 9 nitrogen and oxygen atoms in total. The number of hydrogen-bond donors (Lipinski definition) is 0. The second-order valence-electron chi connectivity index (χ2n) is 6.38. The van der Waals surface area contributed by atoms with Crippen LogP contribution in [0.3, 0.4) is 0 Å². The number of rotatable bonds is 5. The highest BCUT2D eigenvalue weighted by molar-refractivity contribution is 5.79. The summed E-state index contributed by atoms with van der Waals surface area (Å²) < 4.78 is 1.67.